The molecule has 2 unspecified atom stereocenters. The minimum Gasteiger partial charge on any atom is -0.490 e. The van der Waals surface area contributed by atoms with Crippen molar-refractivity contribution < 1.29 is 14.5 Å². The first kappa shape index (κ1) is 11.7. The quantitative estimate of drug-likeness (QED) is 0.178. The third-order valence-corrected chi connectivity index (χ3v) is 2.08. The highest BCUT2D eigenvalue weighted by Crippen LogP contribution is 2.25. The van der Waals surface area contributed by atoms with Crippen LogP contribution in [-0.4, -0.2) is 24.4 Å². The van der Waals surface area contributed by atoms with Crippen LogP contribution < -0.4 is 0 Å². The molecule has 1 aliphatic carbocycles. The summed E-state index contributed by atoms with van der Waals surface area (Å²) in [6, 6.07) is -0.791. The summed E-state index contributed by atoms with van der Waals surface area (Å²) in [5, 5.41) is 14.0. The predicted molar refractivity (Wildman–Crippen MR) is 52.7 cm³/mol. The number of aldehydes is 1. The van der Waals surface area contributed by atoms with E-state index in [1.54, 1.807) is 0 Å². The van der Waals surface area contributed by atoms with Crippen LogP contribution >= 0.6 is 0 Å². The Hall–Kier alpha value is -2.34. The van der Waals surface area contributed by atoms with Gasteiger partial charge in [0.25, 0.3) is 0 Å². The minimum atomic E-state index is -0.838. The maximum Gasteiger partial charge on any atom is 0.307 e. The van der Waals surface area contributed by atoms with Crippen LogP contribution in [0.1, 0.15) is 0 Å². The number of carbonyl (C=O) groups excluding carboxylic acids is 1. The van der Waals surface area contributed by atoms with E-state index in [9.17, 15) is 14.9 Å². The summed E-state index contributed by atoms with van der Waals surface area (Å²) in [5.74, 6) is -0.851. The van der Waals surface area contributed by atoms with E-state index in [0.717, 1.165) is 6.08 Å². The molecule has 1 rings (SSSR count). The average molecular weight is 224 g/mol. The monoisotopic (exact) mass is 224 g/mol. The largest absolute Gasteiger partial charge is 0.490 e. The first-order valence-electron chi connectivity index (χ1n) is 4.26. The summed E-state index contributed by atoms with van der Waals surface area (Å²) < 4.78 is 4.79. The topological polar surface area (TPSA) is 118 Å². The SMILES string of the molecule is COC1=CC(N=[N+]=[N-])C(C=O)C=C1[N+](=O)[O-]. The van der Waals surface area contributed by atoms with Gasteiger partial charge in [-0.1, -0.05) is 5.11 Å². The fourth-order valence-electron chi connectivity index (χ4n) is 1.33. The molecule has 0 spiro atoms. The fraction of sp³-hybridized carbons (Fsp3) is 0.375. The summed E-state index contributed by atoms with van der Waals surface area (Å²) in [4.78, 5) is 23.2. The highest BCUT2D eigenvalue weighted by Gasteiger charge is 2.30. The summed E-state index contributed by atoms with van der Waals surface area (Å²) in [6.07, 6.45) is 2.87. The van der Waals surface area contributed by atoms with E-state index in [-0.39, 0.29) is 11.5 Å². The van der Waals surface area contributed by atoms with Crippen LogP contribution in [0.15, 0.2) is 28.7 Å². The standard InChI is InChI=1S/C8H8N4O4/c1-16-8-3-6(10-11-9)5(4-13)2-7(8)12(14)15/h2-6H,1H3. The van der Waals surface area contributed by atoms with Gasteiger partial charge >= 0.3 is 5.70 Å². The second-order valence-electron chi connectivity index (χ2n) is 2.95. The van der Waals surface area contributed by atoms with Crippen molar-refractivity contribution in [2.75, 3.05) is 7.11 Å². The van der Waals surface area contributed by atoms with Gasteiger partial charge in [0, 0.05) is 11.0 Å². The molecule has 16 heavy (non-hydrogen) atoms. The molecular weight excluding hydrogens is 216 g/mol. The van der Waals surface area contributed by atoms with Crippen LogP contribution in [0, 0.1) is 16.0 Å². The van der Waals surface area contributed by atoms with Crippen molar-refractivity contribution in [2.45, 2.75) is 6.04 Å². The van der Waals surface area contributed by atoms with Crippen molar-refractivity contribution in [3.8, 4) is 0 Å². The summed E-state index contributed by atoms with van der Waals surface area (Å²) in [5.41, 5.74) is 7.98. The molecule has 8 nitrogen and oxygen atoms in total. The van der Waals surface area contributed by atoms with Gasteiger partial charge in [-0.25, -0.2) is 0 Å². The number of rotatable bonds is 4. The second-order valence-corrected chi connectivity index (χ2v) is 2.95. The number of hydrogen-bond donors (Lipinski definition) is 0. The molecular formula is C8H8N4O4. The highest BCUT2D eigenvalue weighted by molar-refractivity contribution is 5.60. The normalized spacial score (nSPS) is 23.6. The lowest BCUT2D eigenvalue weighted by Crippen LogP contribution is -2.23. The number of carbonyl (C=O) groups is 1. The number of nitrogens with zero attached hydrogens (tertiary/aromatic N) is 4. The number of nitro groups is 1. The van der Waals surface area contributed by atoms with E-state index in [0.29, 0.717) is 6.29 Å². The van der Waals surface area contributed by atoms with E-state index in [1.807, 2.05) is 0 Å². The highest BCUT2D eigenvalue weighted by atomic mass is 16.6. The molecule has 0 heterocycles. The molecule has 2 atom stereocenters. The molecule has 8 heteroatoms. The lowest BCUT2D eigenvalue weighted by molar-refractivity contribution is -0.424. The van der Waals surface area contributed by atoms with E-state index in [2.05, 4.69) is 10.0 Å². The zero-order valence-electron chi connectivity index (χ0n) is 8.31. The molecule has 0 radical (unpaired) electrons. The Morgan fingerprint density at radius 1 is 1.69 bits per heavy atom. The zero-order valence-corrected chi connectivity index (χ0v) is 8.31. The van der Waals surface area contributed by atoms with Crippen molar-refractivity contribution in [1.82, 2.24) is 0 Å². The Morgan fingerprint density at radius 2 is 2.38 bits per heavy atom. The van der Waals surface area contributed by atoms with E-state index >= 15 is 0 Å². The molecule has 0 fully saturated rings. The van der Waals surface area contributed by atoms with Gasteiger partial charge in [-0.3, -0.25) is 10.1 Å². The molecule has 0 N–H and O–H groups in total. The summed E-state index contributed by atoms with van der Waals surface area (Å²) in [7, 11) is 1.26. The Labute approximate surface area is 90.0 Å². The van der Waals surface area contributed by atoms with Gasteiger partial charge in [0.1, 0.15) is 6.29 Å². The Balaban J connectivity index is 3.16. The van der Waals surface area contributed by atoms with Gasteiger partial charge in [-0.2, -0.15) is 0 Å². The van der Waals surface area contributed by atoms with Crippen molar-refractivity contribution in [3.63, 3.8) is 0 Å². The third kappa shape index (κ3) is 2.18. The number of ether oxygens (including phenoxy) is 1. The Morgan fingerprint density at radius 3 is 2.81 bits per heavy atom. The average Bonchev–Trinajstić information content (AvgIpc) is 2.28. The van der Waals surface area contributed by atoms with Crippen molar-refractivity contribution in [2.24, 2.45) is 11.0 Å². The molecule has 0 amide bonds. The van der Waals surface area contributed by atoms with E-state index in [4.69, 9.17) is 10.3 Å². The van der Waals surface area contributed by atoms with Crippen LogP contribution in [0.4, 0.5) is 0 Å². The summed E-state index contributed by atoms with van der Waals surface area (Å²) in [6.45, 7) is 0. The van der Waals surface area contributed by atoms with E-state index in [1.165, 1.54) is 13.2 Å². The van der Waals surface area contributed by atoms with Crippen molar-refractivity contribution >= 4 is 6.29 Å². The van der Waals surface area contributed by atoms with Crippen molar-refractivity contribution in [3.05, 3.63) is 44.2 Å². The number of azide groups is 1. The van der Waals surface area contributed by atoms with Gasteiger partial charge in [-0.15, -0.1) is 0 Å². The van der Waals surface area contributed by atoms with Crippen molar-refractivity contribution in [1.29, 1.82) is 0 Å². The lowest BCUT2D eigenvalue weighted by Gasteiger charge is -2.17. The molecule has 0 aliphatic heterocycles. The van der Waals surface area contributed by atoms with Crippen LogP contribution in [0.2, 0.25) is 0 Å². The molecule has 0 aromatic rings. The van der Waals surface area contributed by atoms with Gasteiger partial charge in [-0.05, 0) is 11.6 Å². The third-order valence-electron chi connectivity index (χ3n) is 2.08. The fourth-order valence-corrected chi connectivity index (χ4v) is 1.33. The molecule has 0 aromatic carbocycles. The lowest BCUT2D eigenvalue weighted by atomic mass is 9.95. The molecule has 0 bridgehead atoms. The molecule has 84 valence electrons. The maximum atomic E-state index is 10.7. The van der Waals surface area contributed by atoms with Gasteiger partial charge in [0.05, 0.1) is 24.0 Å². The first-order chi connectivity index (χ1) is 7.63. The second kappa shape index (κ2) is 4.94. The smallest absolute Gasteiger partial charge is 0.307 e. The molecule has 0 saturated heterocycles. The summed E-state index contributed by atoms with van der Waals surface area (Å²) >= 11 is 0. The van der Waals surface area contributed by atoms with Gasteiger partial charge < -0.3 is 9.53 Å². The Kier molecular flexibility index (Phi) is 3.62. The number of hydrogen-bond acceptors (Lipinski definition) is 5. The zero-order chi connectivity index (χ0) is 12.1. The van der Waals surface area contributed by atoms with Crippen LogP contribution in [0.5, 0.6) is 0 Å². The first-order valence-corrected chi connectivity index (χ1v) is 4.26. The Bertz CT molecular complexity index is 422. The molecule has 0 saturated carbocycles. The maximum absolute atomic E-state index is 10.7. The predicted octanol–water partition coefficient (Wildman–Crippen LogP) is 1.18. The van der Waals surface area contributed by atoms with Gasteiger partial charge in [0.2, 0.25) is 0 Å². The number of methoxy groups -OCH3 is 1. The van der Waals surface area contributed by atoms with Gasteiger partial charge in [0.15, 0.2) is 5.76 Å². The molecule has 1 aliphatic rings. The van der Waals surface area contributed by atoms with E-state index < -0.39 is 16.9 Å². The van der Waals surface area contributed by atoms with Crippen LogP contribution in [-0.2, 0) is 9.53 Å². The minimum absolute atomic E-state index is 0.0134. The van der Waals surface area contributed by atoms with Crippen LogP contribution in [0.3, 0.4) is 0 Å². The molecule has 0 aromatic heterocycles. The van der Waals surface area contributed by atoms with Crippen LogP contribution in [0.25, 0.3) is 10.4 Å².